The molecular formula is C20H15N3O4. The van der Waals surface area contributed by atoms with E-state index in [-0.39, 0.29) is 5.63 Å². The average molecular weight is 361 g/mol. The van der Waals surface area contributed by atoms with Gasteiger partial charge in [-0.1, -0.05) is 30.3 Å². The number of aliphatic carboxylic acids is 1. The molecule has 0 amide bonds. The summed E-state index contributed by atoms with van der Waals surface area (Å²) < 4.78 is 4.91. The van der Waals surface area contributed by atoms with Crippen LogP contribution in [0, 0.1) is 11.3 Å². The predicted octanol–water partition coefficient (Wildman–Crippen LogP) is 3.41. The summed E-state index contributed by atoms with van der Waals surface area (Å²) in [6.07, 6.45) is 2.99. The van der Waals surface area contributed by atoms with Crippen LogP contribution >= 0.6 is 0 Å². The van der Waals surface area contributed by atoms with Gasteiger partial charge >= 0.3 is 11.6 Å². The lowest BCUT2D eigenvalue weighted by Crippen LogP contribution is -1.93. The van der Waals surface area contributed by atoms with E-state index in [0.717, 1.165) is 16.4 Å². The van der Waals surface area contributed by atoms with E-state index in [1.165, 1.54) is 12.1 Å². The van der Waals surface area contributed by atoms with Crippen LogP contribution in [0.25, 0.3) is 22.0 Å². The number of fused-ring (bicyclic) bond motifs is 2. The number of nitriles is 1. The summed E-state index contributed by atoms with van der Waals surface area (Å²) in [5.74, 6) is -1.07. The molecule has 2 heterocycles. The molecule has 134 valence electrons. The van der Waals surface area contributed by atoms with Crippen LogP contribution in [0.2, 0.25) is 0 Å². The molecule has 0 bridgehead atoms. The number of benzene rings is 2. The molecule has 0 fully saturated rings. The van der Waals surface area contributed by atoms with Crippen LogP contribution in [0.3, 0.4) is 0 Å². The highest BCUT2D eigenvalue weighted by molar-refractivity contribution is 5.75. The summed E-state index contributed by atoms with van der Waals surface area (Å²) in [6, 6.07) is 19.9. The number of hydrogen-bond acceptors (Lipinski definition) is 6. The first-order valence-electron chi connectivity index (χ1n) is 7.83. The Hall–Kier alpha value is -4.05. The minimum absolute atomic E-state index is 0.302. The van der Waals surface area contributed by atoms with Crippen molar-refractivity contribution < 1.29 is 14.3 Å². The molecule has 0 aliphatic rings. The first kappa shape index (κ1) is 19.3. The van der Waals surface area contributed by atoms with E-state index in [1.54, 1.807) is 24.5 Å². The van der Waals surface area contributed by atoms with Crippen molar-refractivity contribution in [3.8, 4) is 6.07 Å². The molecule has 27 heavy (non-hydrogen) atoms. The normalized spacial score (nSPS) is 9.30. The third-order valence-corrected chi connectivity index (χ3v) is 3.13. The van der Waals surface area contributed by atoms with E-state index >= 15 is 0 Å². The fourth-order valence-electron chi connectivity index (χ4n) is 1.99. The Morgan fingerprint density at radius 1 is 0.963 bits per heavy atom. The topological polar surface area (TPSA) is 117 Å². The van der Waals surface area contributed by atoms with Crippen LogP contribution in [0.1, 0.15) is 6.42 Å². The lowest BCUT2D eigenvalue weighted by atomic mass is 10.2. The smallest absolute Gasteiger partial charge is 0.336 e. The maximum Gasteiger partial charge on any atom is 0.336 e. The van der Waals surface area contributed by atoms with Crippen molar-refractivity contribution >= 4 is 28.0 Å². The lowest BCUT2D eigenvalue weighted by molar-refractivity contribution is -0.135. The van der Waals surface area contributed by atoms with Gasteiger partial charge in [-0.15, -0.1) is 0 Å². The molecule has 0 aliphatic carbocycles. The highest BCUT2D eigenvalue weighted by Crippen LogP contribution is 2.09. The van der Waals surface area contributed by atoms with Gasteiger partial charge in [-0.25, -0.2) is 4.79 Å². The van der Waals surface area contributed by atoms with E-state index in [4.69, 9.17) is 14.8 Å². The summed E-state index contributed by atoms with van der Waals surface area (Å²) in [7, 11) is 0. The number of aromatic nitrogens is 2. The van der Waals surface area contributed by atoms with Crippen molar-refractivity contribution in [1.29, 1.82) is 5.26 Å². The molecule has 0 atom stereocenters. The summed E-state index contributed by atoms with van der Waals surface area (Å²) in [5.41, 5.74) is 2.23. The van der Waals surface area contributed by atoms with Gasteiger partial charge in [-0.05, 0) is 24.3 Å². The Bertz CT molecular complexity index is 1070. The number of carbonyl (C=O) groups is 1. The molecule has 1 N–H and O–H groups in total. The standard InChI is InChI=1S/C9H6O2.C8H6N2.C3H3NO2/c10-9-6-5-7-3-1-2-4-8(7)11-9;1-2-4-8-7(3-1)9-5-6-10-8;4-2-1-3(5)6/h1-6H;1-6H;1H2,(H,5,6). The first-order valence-corrected chi connectivity index (χ1v) is 7.83. The van der Waals surface area contributed by atoms with Crippen LogP contribution in [-0.4, -0.2) is 21.0 Å². The molecule has 0 saturated heterocycles. The van der Waals surface area contributed by atoms with Crippen molar-refractivity contribution in [3.63, 3.8) is 0 Å². The van der Waals surface area contributed by atoms with Crippen LogP contribution in [0.5, 0.6) is 0 Å². The highest BCUT2D eigenvalue weighted by Gasteiger charge is 1.92. The molecule has 0 spiro atoms. The third kappa shape index (κ3) is 6.40. The Balaban J connectivity index is 0.000000153. The highest BCUT2D eigenvalue weighted by atomic mass is 16.4. The van der Waals surface area contributed by atoms with Crippen molar-refractivity contribution in [3.05, 3.63) is 83.5 Å². The van der Waals surface area contributed by atoms with Crippen molar-refractivity contribution in [2.24, 2.45) is 0 Å². The molecular weight excluding hydrogens is 346 g/mol. The van der Waals surface area contributed by atoms with Gasteiger partial charge in [-0.2, -0.15) is 5.26 Å². The second-order valence-corrected chi connectivity index (χ2v) is 5.07. The predicted molar refractivity (Wildman–Crippen MR) is 99.9 cm³/mol. The van der Waals surface area contributed by atoms with Gasteiger partial charge in [0.25, 0.3) is 0 Å². The molecule has 7 heteroatoms. The second-order valence-electron chi connectivity index (χ2n) is 5.07. The monoisotopic (exact) mass is 361 g/mol. The summed E-state index contributed by atoms with van der Waals surface area (Å²) >= 11 is 0. The maximum absolute atomic E-state index is 10.7. The summed E-state index contributed by atoms with van der Waals surface area (Å²) in [6.45, 7) is 0. The van der Waals surface area contributed by atoms with Crippen molar-refractivity contribution in [1.82, 2.24) is 9.97 Å². The number of nitrogens with zero attached hydrogens (tertiary/aromatic N) is 3. The molecule has 7 nitrogen and oxygen atoms in total. The van der Waals surface area contributed by atoms with E-state index in [0.29, 0.717) is 5.58 Å². The first-order chi connectivity index (χ1) is 13.1. The molecule has 4 rings (SSSR count). The van der Waals surface area contributed by atoms with Gasteiger partial charge in [0.05, 0.1) is 17.1 Å². The van der Waals surface area contributed by atoms with Crippen LogP contribution in [0.4, 0.5) is 0 Å². The van der Waals surface area contributed by atoms with E-state index in [1.807, 2.05) is 42.5 Å². The summed E-state index contributed by atoms with van der Waals surface area (Å²) in [5, 5.41) is 16.2. The number of carboxylic acids is 1. The van der Waals surface area contributed by atoms with Gasteiger partial charge in [0, 0.05) is 23.8 Å². The number of carboxylic acid groups (broad SMARTS) is 1. The van der Waals surface area contributed by atoms with Crippen molar-refractivity contribution in [2.75, 3.05) is 0 Å². The Labute approximate surface area is 154 Å². The SMILES string of the molecule is N#CCC(=O)O.O=c1ccc2ccccc2o1.c1ccc2nccnc2c1. The van der Waals surface area contributed by atoms with Crippen LogP contribution in [-0.2, 0) is 4.79 Å². The Morgan fingerprint density at radius 3 is 2.11 bits per heavy atom. The Kier molecular flexibility index (Phi) is 7.18. The van der Waals surface area contributed by atoms with Gasteiger partial charge in [0.1, 0.15) is 12.0 Å². The molecule has 4 aromatic rings. The van der Waals surface area contributed by atoms with Crippen LogP contribution in [0.15, 0.2) is 82.3 Å². The average Bonchev–Trinajstić information content (AvgIpc) is 2.69. The fourth-order valence-corrected chi connectivity index (χ4v) is 1.99. The molecule has 0 aliphatic heterocycles. The van der Waals surface area contributed by atoms with Gasteiger partial charge in [0.15, 0.2) is 0 Å². The zero-order chi connectivity index (χ0) is 19.5. The zero-order valence-corrected chi connectivity index (χ0v) is 14.1. The lowest BCUT2D eigenvalue weighted by Gasteiger charge is -1.91. The molecule has 0 radical (unpaired) electrons. The van der Waals surface area contributed by atoms with E-state index in [2.05, 4.69) is 9.97 Å². The molecule has 0 saturated carbocycles. The minimum atomic E-state index is -1.07. The van der Waals surface area contributed by atoms with E-state index in [9.17, 15) is 9.59 Å². The van der Waals surface area contributed by atoms with Crippen LogP contribution < -0.4 is 5.63 Å². The molecule has 0 unspecified atom stereocenters. The number of rotatable bonds is 1. The molecule has 2 aromatic heterocycles. The third-order valence-electron chi connectivity index (χ3n) is 3.13. The zero-order valence-electron chi connectivity index (χ0n) is 14.1. The minimum Gasteiger partial charge on any atom is -0.480 e. The number of para-hydroxylation sites is 3. The fraction of sp³-hybridized carbons (Fsp3) is 0.0500. The van der Waals surface area contributed by atoms with Crippen molar-refractivity contribution in [2.45, 2.75) is 6.42 Å². The second kappa shape index (κ2) is 10.1. The number of hydrogen-bond donors (Lipinski definition) is 1. The van der Waals surface area contributed by atoms with Gasteiger partial charge < -0.3 is 9.52 Å². The quantitative estimate of drug-likeness (QED) is 0.516. The summed E-state index contributed by atoms with van der Waals surface area (Å²) in [4.78, 5) is 28.3. The van der Waals surface area contributed by atoms with E-state index < -0.39 is 12.4 Å². The van der Waals surface area contributed by atoms with Gasteiger partial charge in [0.2, 0.25) is 0 Å². The Morgan fingerprint density at radius 2 is 1.56 bits per heavy atom. The van der Waals surface area contributed by atoms with Gasteiger partial charge in [-0.3, -0.25) is 14.8 Å². The largest absolute Gasteiger partial charge is 0.480 e. The maximum atomic E-state index is 10.7. The molecule has 2 aromatic carbocycles.